The van der Waals surface area contributed by atoms with Crippen molar-refractivity contribution >= 4 is 50.7 Å². The molecule has 0 unspecified atom stereocenters. The SMILES string of the molecule is CN(c1ccc(OCC(=O)OCC(=O)c2ccc3c(c2)NC(=O)CO3)cc1)S(=O)(=O)c1ccc(Cl)cc1. The van der Waals surface area contributed by atoms with Crippen LogP contribution in [-0.4, -0.2) is 52.9 Å². The molecule has 0 spiro atoms. The van der Waals surface area contributed by atoms with Crippen molar-refractivity contribution < 1.29 is 37.0 Å². The molecule has 0 radical (unpaired) electrons. The molecule has 192 valence electrons. The van der Waals surface area contributed by atoms with Gasteiger partial charge in [-0.2, -0.15) is 0 Å². The highest BCUT2D eigenvalue weighted by Gasteiger charge is 2.22. The Morgan fingerprint density at radius 1 is 1.03 bits per heavy atom. The van der Waals surface area contributed by atoms with Crippen LogP contribution in [0.25, 0.3) is 0 Å². The van der Waals surface area contributed by atoms with Gasteiger partial charge in [-0.15, -0.1) is 0 Å². The van der Waals surface area contributed by atoms with Crippen molar-refractivity contribution in [3.05, 3.63) is 77.3 Å². The predicted octanol–water partition coefficient (Wildman–Crippen LogP) is 3.30. The van der Waals surface area contributed by atoms with Crippen molar-refractivity contribution in [3.8, 4) is 11.5 Å². The molecule has 10 nitrogen and oxygen atoms in total. The highest BCUT2D eigenvalue weighted by Crippen LogP contribution is 2.29. The number of ketones is 1. The number of benzene rings is 3. The summed E-state index contributed by atoms with van der Waals surface area (Å²) in [6.45, 7) is -1.07. The van der Waals surface area contributed by atoms with Crippen molar-refractivity contribution in [3.63, 3.8) is 0 Å². The Bertz CT molecular complexity index is 1440. The van der Waals surface area contributed by atoms with E-state index in [1.165, 1.54) is 67.7 Å². The van der Waals surface area contributed by atoms with E-state index in [1.54, 1.807) is 6.07 Å². The van der Waals surface area contributed by atoms with E-state index in [2.05, 4.69) is 5.32 Å². The monoisotopic (exact) mass is 544 g/mol. The third-order valence-electron chi connectivity index (χ3n) is 5.33. The van der Waals surface area contributed by atoms with E-state index in [4.69, 9.17) is 25.8 Å². The Kier molecular flexibility index (Phi) is 7.65. The third-order valence-corrected chi connectivity index (χ3v) is 7.38. The molecule has 3 aromatic carbocycles. The maximum absolute atomic E-state index is 12.8. The molecule has 0 atom stereocenters. The van der Waals surface area contributed by atoms with Crippen LogP contribution in [0.15, 0.2) is 71.6 Å². The standard InChI is InChI=1S/C25H21ClN2O8S/c1-28(37(32,33)20-9-3-17(26)4-10-20)18-5-7-19(8-6-18)34-15-25(31)36-13-22(29)16-2-11-23-21(12-16)27-24(30)14-35-23/h2-12H,13-15H2,1H3,(H,27,30). The minimum Gasteiger partial charge on any atom is -0.482 e. The fourth-order valence-electron chi connectivity index (χ4n) is 3.33. The largest absolute Gasteiger partial charge is 0.482 e. The minimum absolute atomic E-state index is 0.0884. The molecule has 3 aromatic rings. The van der Waals surface area contributed by atoms with Crippen LogP contribution in [0.3, 0.4) is 0 Å². The molecule has 0 saturated heterocycles. The topological polar surface area (TPSA) is 128 Å². The lowest BCUT2D eigenvalue weighted by atomic mass is 10.1. The number of hydrogen-bond acceptors (Lipinski definition) is 8. The number of hydrogen-bond donors (Lipinski definition) is 1. The Morgan fingerprint density at radius 2 is 1.73 bits per heavy atom. The normalized spacial score (nSPS) is 12.5. The van der Waals surface area contributed by atoms with Gasteiger partial charge in [-0.25, -0.2) is 13.2 Å². The van der Waals surface area contributed by atoms with Gasteiger partial charge >= 0.3 is 5.97 Å². The zero-order valence-corrected chi connectivity index (χ0v) is 21.0. The number of ether oxygens (including phenoxy) is 3. The molecule has 12 heteroatoms. The summed E-state index contributed by atoms with van der Waals surface area (Å²) >= 11 is 5.83. The van der Waals surface area contributed by atoms with Gasteiger partial charge in [0.25, 0.3) is 15.9 Å². The summed E-state index contributed by atoms with van der Waals surface area (Å²) in [5.74, 6) is -0.820. The van der Waals surface area contributed by atoms with Crippen LogP contribution in [0.4, 0.5) is 11.4 Å². The summed E-state index contributed by atoms with van der Waals surface area (Å²) in [4.78, 5) is 35.9. The fraction of sp³-hybridized carbons (Fsp3) is 0.160. The zero-order chi connectivity index (χ0) is 26.6. The molecular formula is C25H21ClN2O8S. The van der Waals surface area contributed by atoms with E-state index < -0.39 is 35.0 Å². The quantitative estimate of drug-likeness (QED) is 0.321. The smallest absolute Gasteiger partial charge is 0.344 e. The predicted molar refractivity (Wildman–Crippen MR) is 135 cm³/mol. The number of rotatable bonds is 9. The number of halogens is 1. The van der Waals surface area contributed by atoms with Gasteiger partial charge in [-0.3, -0.25) is 13.9 Å². The van der Waals surface area contributed by atoms with Gasteiger partial charge in [0, 0.05) is 17.6 Å². The zero-order valence-electron chi connectivity index (χ0n) is 19.5. The number of amides is 1. The van der Waals surface area contributed by atoms with Crippen LogP contribution in [0.2, 0.25) is 5.02 Å². The van der Waals surface area contributed by atoms with E-state index in [0.29, 0.717) is 27.9 Å². The third kappa shape index (κ3) is 6.19. The molecule has 37 heavy (non-hydrogen) atoms. The van der Waals surface area contributed by atoms with Gasteiger partial charge in [0.15, 0.2) is 25.6 Å². The van der Waals surface area contributed by atoms with Crippen molar-refractivity contribution in [2.75, 3.05) is 36.5 Å². The summed E-state index contributed by atoms with van der Waals surface area (Å²) in [6.07, 6.45) is 0. The first-order chi connectivity index (χ1) is 17.6. The van der Waals surface area contributed by atoms with Crippen molar-refractivity contribution in [2.45, 2.75) is 4.90 Å². The number of fused-ring (bicyclic) bond motifs is 1. The first-order valence-electron chi connectivity index (χ1n) is 10.9. The molecule has 1 heterocycles. The molecule has 1 aliphatic heterocycles. The van der Waals surface area contributed by atoms with Gasteiger partial charge < -0.3 is 19.5 Å². The van der Waals surface area contributed by atoms with E-state index in [-0.39, 0.29) is 23.0 Å². The van der Waals surface area contributed by atoms with Crippen molar-refractivity contribution in [2.24, 2.45) is 0 Å². The van der Waals surface area contributed by atoms with Crippen molar-refractivity contribution in [1.82, 2.24) is 0 Å². The fourth-order valence-corrected chi connectivity index (χ4v) is 4.65. The van der Waals surface area contributed by atoms with Gasteiger partial charge in [0.1, 0.15) is 11.5 Å². The Labute approximate surface area is 217 Å². The molecule has 1 N–H and O–H groups in total. The Balaban J connectivity index is 1.28. The summed E-state index contributed by atoms with van der Waals surface area (Å²) in [5, 5.41) is 3.03. The van der Waals surface area contributed by atoms with Crippen LogP contribution in [0.1, 0.15) is 10.4 Å². The number of carbonyl (C=O) groups is 3. The van der Waals surface area contributed by atoms with E-state index >= 15 is 0 Å². The van der Waals surface area contributed by atoms with Crippen LogP contribution >= 0.6 is 11.6 Å². The minimum atomic E-state index is -3.79. The van der Waals surface area contributed by atoms with Crippen molar-refractivity contribution in [1.29, 1.82) is 0 Å². The van der Waals surface area contributed by atoms with Crippen LogP contribution in [-0.2, 0) is 24.3 Å². The van der Waals surface area contributed by atoms with Crippen LogP contribution in [0.5, 0.6) is 11.5 Å². The van der Waals surface area contributed by atoms with E-state index in [1.807, 2.05) is 0 Å². The van der Waals surface area contributed by atoms with E-state index in [9.17, 15) is 22.8 Å². The summed E-state index contributed by atoms with van der Waals surface area (Å²) in [5.41, 5.74) is 0.987. The second-order valence-corrected chi connectivity index (χ2v) is 10.2. The lowest BCUT2D eigenvalue weighted by Gasteiger charge is -2.20. The average molecular weight is 545 g/mol. The number of nitrogens with zero attached hydrogens (tertiary/aromatic N) is 1. The van der Waals surface area contributed by atoms with E-state index in [0.717, 1.165) is 4.31 Å². The van der Waals surface area contributed by atoms with Gasteiger partial charge in [-0.05, 0) is 66.7 Å². The Morgan fingerprint density at radius 3 is 2.43 bits per heavy atom. The molecule has 0 fully saturated rings. The summed E-state index contributed by atoms with van der Waals surface area (Å²) < 4.78 is 42.3. The molecule has 0 aliphatic carbocycles. The number of Topliss-reactive ketones (excluding diaryl/α,β-unsaturated/α-hetero) is 1. The molecule has 0 saturated carbocycles. The number of carbonyl (C=O) groups excluding carboxylic acids is 3. The molecule has 1 aliphatic rings. The molecule has 1 amide bonds. The lowest BCUT2D eigenvalue weighted by molar-refractivity contribution is -0.144. The lowest BCUT2D eigenvalue weighted by Crippen LogP contribution is -2.26. The van der Waals surface area contributed by atoms with Gasteiger partial charge in [0.2, 0.25) is 0 Å². The summed E-state index contributed by atoms with van der Waals surface area (Å²) in [6, 6.07) is 16.4. The second kappa shape index (κ2) is 10.9. The molecule has 4 rings (SSSR count). The molecular weight excluding hydrogens is 524 g/mol. The number of anilines is 2. The number of esters is 1. The number of nitrogens with one attached hydrogen (secondary N) is 1. The first-order valence-corrected chi connectivity index (χ1v) is 12.7. The first kappa shape index (κ1) is 26.0. The van der Waals surface area contributed by atoms with Crippen LogP contribution in [0, 0.1) is 0 Å². The maximum atomic E-state index is 12.8. The van der Waals surface area contributed by atoms with Gasteiger partial charge in [-0.1, -0.05) is 11.6 Å². The molecule has 0 bridgehead atoms. The summed E-state index contributed by atoms with van der Waals surface area (Å²) in [7, 11) is -2.38. The van der Waals surface area contributed by atoms with Gasteiger partial charge in [0.05, 0.1) is 16.3 Å². The Hall–Kier alpha value is -4.09. The number of sulfonamides is 1. The second-order valence-electron chi connectivity index (χ2n) is 7.84. The van der Waals surface area contributed by atoms with Crippen LogP contribution < -0.4 is 19.1 Å². The molecule has 0 aromatic heterocycles. The highest BCUT2D eigenvalue weighted by molar-refractivity contribution is 7.92. The maximum Gasteiger partial charge on any atom is 0.344 e. The average Bonchev–Trinajstić information content (AvgIpc) is 2.90. The highest BCUT2D eigenvalue weighted by atomic mass is 35.5.